The minimum atomic E-state index is -0.423. The first-order valence-electron chi connectivity index (χ1n) is 9.37. The van der Waals surface area contributed by atoms with Gasteiger partial charge in [-0.05, 0) is 40.8 Å². The second-order valence-corrected chi connectivity index (χ2v) is 7.85. The normalized spacial score (nSPS) is 10.6. The zero-order valence-corrected chi connectivity index (χ0v) is 21.9. The predicted octanol–water partition coefficient (Wildman–Crippen LogP) is 3.02. The molecule has 1 aromatic carbocycles. The van der Waals surface area contributed by atoms with E-state index in [1.807, 2.05) is 0 Å². The monoisotopic (exact) mass is 545 g/mol. The first-order valence-corrected chi connectivity index (χ1v) is 11.9. The summed E-state index contributed by atoms with van der Waals surface area (Å²) in [4.78, 5) is 14.7. The van der Waals surface area contributed by atoms with Crippen LogP contribution in [0.3, 0.4) is 0 Å². The molecule has 0 fully saturated rings. The van der Waals surface area contributed by atoms with Gasteiger partial charge >= 0.3 is 22.4 Å². The minimum absolute atomic E-state index is 0.109. The van der Waals surface area contributed by atoms with Gasteiger partial charge < -0.3 is 42.8 Å². The number of nitrogens with zero attached hydrogens (tertiary/aromatic N) is 3. The van der Waals surface area contributed by atoms with Crippen LogP contribution in [0.25, 0.3) is 0 Å². The Morgan fingerprint density at radius 3 is 1.66 bits per heavy atom. The van der Waals surface area contributed by atoms with E-state index in [2.05, 4.69) is 37.5 Å². The number of nitro groups is 1. The summed E-state index contributed by atoms with van der Waals surface area (Å²) in [5.41, 5.74) is 1.04. The number of nitro benzene ring substituents is 1. The third-order valence-electron chi connectivity index (χ3n) is 4.13. The van der Waals surface area contributed by atoms with Crippen molar-refractivity contribution in [2.24, 2.45) is 0 Å². The topological polar surface area (TPSA) is 66.7 Å². The number of benzene rings is 1. The summed E-state index contributed by atoms with van der Waals surface area (Å²) in [5, 5.41) is 10.2. The summed E-state index contributed by atoms with van der Waals surface area (Å²) < 4.78 is 8.22. The van der Waals surface area contributed by atoms with Gasteiger partial charge in [0.05, 0.1) is 4.92 Å². The molecular weight excluding hydrogens is 513 g/mol. The second-order valence-electron chi connectivity index (χ2n) is 6.74. The van der Waals surface area contributed by atoms with Crippen LogP contribution in [-0.2, 0) is 66.0 Å². The molecule has 0 spiro atoms. The number of rotatable bonds is 11. The van der Waals surface area contributed by atoms with Crippen molar-refractivity contribution in [2.45, 2.75) is 45.5 Å². The van der Waals surface area contributed by atoms with E-state index in [0.717, 1.165) is 62.1 Å². The molecule has 0 bridgehead atoms. The van der Waals surface area contributed by atoms with Crippen molar-refractivity contribution in [1.82, 2.24) is 9.80 Å². The van der Waals surface area contributed by atoms with Crippen LogP contribution in [0.5, 0.6) is 0 Å². The fourth-order valence-corrected chi connectivity index (χ4v) is 3.39. The van der Waals surface area contributed by atoms with E-state index in [0.29, 0.717) is 17.8 Å². The van der Waals surface area contributed by atoms with Crippen molar-refractivity contribution in [1.29, 1.82) is 0 Å². The maximum atomic E-state index is 10.2. The van der Waals surface area contributed by atoms with Crippen LogP contribution >= 0.6 is 0 Å². The Kier molecular flexibility index (Phi) is 21.5. The Labute approximate surface area is 203 Å². The van der Waals surface area contributed by atoms with Crippen LogP contribution in [0.2, 0.25) is 0 Å². The molecule has 0 aliphatic carbocycles. The molecule has 0 radical (unpaired) electrons. The average Bonchev–Trinajstić information content (AvgIpc) is 2.70. The van der Waals surface area contributed by atoms with Crippen molar-refractivity contribution < 1.29 is 27.3 Å². The molecule has 0 aromatic heterocycles. The van der Waals surface area contributed by atoms with Crippen molar-refractivity contribution in [3.63, 3.8) is 0 Å². The van der Waals surface area contributed by atoms with Gasteiger partial charge in [-0.25, -0.2) is 0 Å². The van der Waals surface area contributed by atoms with Gasteiger partial charge in [-0.15, -0.1) is 0 Å². The summed E-state index contributed by atoms with van der Waals surface area (Å²) in [6.45, 7) is 13.2. The molecule has 166 valence electrons. The van der Waals surface area contributed by atoms with Crippen molar-refractivity contribution in [2.75, 3.05) is 37.7 Å². The summed E-state index contributed by atoms with van der Waals surface area (Å²) in [5.74, 6) is 2.11. The van der Waals surface area contributed by atoms with Crippen LogP contribution in [0.1, 0.15) is 33.3 Å². The fraction of sp³-hybridized carbons (Fsp3) is 0.684. The molecule has 6 nitrogen and oxygen atoms in total. The molecule has 0 unspecified atom stereocenters. The molecule has 0 atom stereocenters. The first-order chi connectivity index (χ1) is 13.8. The molecule has 29 heavy (non-hydrogen) atoms. The molecule has 0 saturated carbocycles. The van der Waals surface area contributed by atoms with Gasteiger partial charge in [0.1, 0.15) is 0 Å². The maximum absolute atomic E-state index is 10.2. The van der Waals surface area contributed by atoms with E-state index < -0.39 is 4.92 Å². The number of non-ortho nitro benzene ring substituents is 1. The molecular formula is C19H32N3O3S3Tc. The van der Waals surface area contributed by atoms with Gasteiger partial charge in [-0.1, -0.05) is 17.7 Å². The van der Waals surface area contributed by atoms with Gasteiger partial charge in [0.25, 0.3) is 5.69 Å². The zero-order valence-electron chi connectivity index (χ0n) is 17.6. The summed E-state index contributed by atoms with van der Waals surface area (Å²) in [6.07, 6.45) is 0. The van der Waals surface area contributed by atoms with Gasteiger partial charge in [-0.3, -0.25) is 15.0 Å². The van der Waals surface area contributed by atoms with Crippen molar-refractivity contribution in [3.05, 3.63) is 39.9 Å². The van der Waals surface area contributed by atoms with Crippen LogP contribution in [0.15, 0.2) is 24.3 Å². The number of hydrogen-bond donors (Lipinski definition) is 0. The third kappa shape index (κ3) is 15.5. The second kappa shape index (κ2) is 20.0. The summed E-state index contributed by atoms with van der Waals surface area (Å²) in [6, 6.07) is 7.47. The summed E-state index contributed by atoms with van der Waals surface area (Å²) >= 11 is 15.7. The standard InChI is InChI=1S/C12H28N2S2.C7H7NO2S.O.Tc/c1-11(2)14(12(3)4)6-5-13(7-9-15)8-10-16;9-8(10)7-3-1-6(5-11)2-4-7;;/h11-12,15-16H,5-10H2,1-4H3;1-4,11H,5H2;;/q;;;+3/p-3/i;;;1+1. The Morgan fingerprint density at radius 1 is 0.897 bits per heavy atom. The molecule has 0 N–H and O–H groups in total. The van der Waals surface area contributed by atoms with Crippen molar-refractivity contribution in [3.8, 4) is 0 Å². The van der Waals surface area contributed by atoms with E-state index in [-0.39, 0.29) is 5.69 Å². The quantitative estimate of drug-likeness (QED) is 0.239. The Balaban J connectivity index is 0. The molecule has 0 aliphatic heterocycles. The van der Waals surface area contributed by atoms with Gasteiger partial charge in [0.2, 0.25) is 0 Å². The molecule has 0 saturated heterocycles. The van der Waals surface area contributed by atoms with E-state index in [9.17, 15) is 10.1 Å². The van der Waals surface area contributed by atoms with Gasteiger partial charge in [0.15, 0.2) is 0 Å². The average molecular weight is 546 g/mol. The van der Waals surface area contributed by atoms with Gasteiger partial charge in [-0.2, -0.15) is 17.3 Å². The Morgan fingerprint density at radius 2 is 1.34 bits per heavy atom. The first kappa shape index (κ1) is 31.2. The fourth-order valence-electron chi connectivity index (χ4n) is 2.68. The molecule has 0 heterocycles. The molecule has 1 aromatic rings. The van der Waals surface area contributed by atoms with Crippen LogP contribution in [0.4, 0.5) is 5.69 Å². The predicted molar refractivity (Wildman–Crippen MR) is 123 cm³/mol. The summed E-state index contributed by atoms with van der Waals surface area (Å²) in [7, 11) is 0. The van der Waals surface area contributed by atoms with Crippen molar-refractivity contribution >= 4 is 43.6 Å². The SMILES string of the molecule is CC(C)N(CCN(CC[S-])CC[S-])C(C)C.O=[N+]([O-])c1ccc(C[S-])cc1.[O]=[99Tc+3]. The zero-order chi connectivity index (χ0) is 22.8. The Hall–Kier alpha value is 0.0394. The van der Waals surface area contributed by atoms with Crippen LogP contribution in [-0.4, -0.2) is 64.5 Å². The van der Waals surface area contributed by atoms with Crippen LogP contribution in [0, 0.1) is 10.1 Å². The molecule has 0 aliphatic rings. The van der Waals surface area contributed by atoms with Gasteiger partial charge in [0, 0.05) is 37.3 Å². The number of hydrogen-bond acceptors (Lipinski definition) is 8. The van der Waals surface area contributed by atoms with E-state index in [4.69, 9.17) is 41.4 Å². The van der Waals surface area contributed by atoms with E-state index >= 15 is 0 Å². The molecule has 0 amide bonds. The van der Waals surface area contributed by atoms with E-state index in [1.54, 1.807) is 12.1 Å². The van der Waals surface area contributed by atoms with E-state index in [1.165, 1.54) is 12.1 Å². The molecule has 10 heteroatoms. The Bertz CT molecular complexity index is 523. The van der Waals surface area contributed by atoms with Crippen LogP contribution < -0.4 is 0 Å². The molecule has 1 rings (SSSR count). The third-order valence-corrected chi connectivity index (χ3v) is 4.83.